The van der Waals surface area contributed by atoms with Gasteiger partial charge in [-0.05, 0) is 84.6 Å². The third kappa shape index (κ3) is 4.91. The van der Waals surface area contributed by atoms with Crippen molar-refractivity contribution < 1.29 is 0 Å². The van der Waals surface area contributed by atoms with Crippen molar-refractivity contribution >= 4 is 0 Å². The van der Waals surface area contributed by atoms with Crippen LogP contribution >= 0.6 is 0 Å². The first-order valence-corrected chi connectivity index (χ1v) is 9.89. The molecule has 3 heterocycles. The molecule has 3 rings (SSSR count). The van der Waals surface area contributed by atoms with E-state index < -0.39 is 0 Å². The van der Waals surface area contributed by atoms with E-state index >= 15 is 0 Å². The highest BCUT2D eigenvalue weighted by Gasteiger charge is 2.35. The highest BCUT2D eigenvalue weighted by Crippen LogP contribution is 2.26. The molecule has 0 unspecified atom stereocenters. The van der Waals surface area contributed by atoms with E-state index in [1.165, 1.54) is 84.6 Å². The van der Waals surface area contributed by atoms with Crippen molar-refractivity contribution in [1.82, 2.24) is 20.0 Å². The molecular weight excluding hydrogens is 284 g/mol. The van der Waals surface area contributed by atoms with Crippen molar-refractivity contribution in [3.8, 4) is 0 Å². The van der Waals surface area contributed by atoms with Crippen LogP contribution in [0.3, 0.4) is 0 Å². The molecule has 0 aromatic heterocycles. The van der Waals surface area contributed by atoms with E-state index in [4.69, 9.17) is 0 Å². The molecule has 3 saturated heterocycles. The number of piperazine rings is 1. The molecule has 4 heteroatoms. The van der Waals surface area contributed by atoms with E-state index in [1.807, 2.05) is 0 Å². The molecule has 0 aromatic rings. The Bertz CT molecular complexity index is 356. The van der Waals surface area contributed by atoms with Crippen LogP contribution in [-0.4, -0.2) is 86.2 Å². The Labute approximate surface area is 143 Å². The zero-order chi connectivity index (χ0) is 16.3. The fraction of sp³-hybridized carbons (Fsp3) is 1.00. The second-order valence-electron chi connectivity index (χ2n) is 8.93. The summed E-state index contributed by atoms with van der Waals surface area (Å²) in [5.74, 6) is 1.84. The van der Waals surface area contributed by atoms with Gasteiger partial charge in [0.25, 0.3) is 0 Å². The first-order valence-electron chi connectivity index (χ1n) is 9.89. The number of rotatable bonds is 4. The minimum atomic E-state index is 0.342. The van der Waals surface area contributed by atoms with Crippen LogP contribution in [0.25, 0.3) is 0 Å². The summed E-state index contributed by atoms with van der Waals surface area (Å²) in [5.41, 5.74) is 0.342. The molecule has 0 aliphatic carbocycles. The maximum atomic E-state index is 3.50. The average molecular weight is 323 g/mol. The van der Waals surface area contributed by atoms with Gasteiger partial charge in [-0.25, -0.2) is 0 Å². The second-order valence-corrected chi connectivity index (χ2v) is 8.93. The summed E-state index contributed by atoms with van der Waals surface area (Å²) in [6.07, 6.45) is 5.52. The summed E-state index contributed by atoms with van der Waals surface area (Å²) >= 11 is 0. The van der Waals surface area contributed by atoms with Crippen molar-refractivity contribution in [2.45, 2.75) is 45.1 Å². The van der Waals surface area contributed by atoms with Crippen LogP contribution in [0.5, 0.6) is 0 Å². The van der Waals surface area contributed by atoms with Gasteiger partial charge in [-0.2, -0.15) is 0 Å². The Morgan fingerprint density at radius 2 is 1.52 bits per heavy atom. The molecule has 1 N–H and O–H groups in total. The molecule has 0 spiro atoms. The van der Waals surface area contributed by atoms with E-state index in [0.717, 1.165) is 11.8 Å². The number of nitrogens with one attached hydrogen (secondary N) is 1. The van der Waals surface area contributed by atoms with Gasteiger partial charge in [-0.1, -0.05) is 0 Å². The van der Waals surface area contributed by atoms with E-state index in [9.17, 15) is 0 Å². The topological polar surface area (TPSA) is 21.8 Å². The second kappa shape index (κ2) is 7.81. The van der Waals surface area contributed by atoms with Gasteiger partial charge >= 0.3 is 0 Å². The summed E-state index contributed by atoms with van der Waals surface area (Å²) in [6.45, 7) is 16.4. The average Bonchev–Trinajstić information content (AvgIpc) is 2.53. The van der Waals surface area contributed by atoms with Crippen LogP contribution in [0.4, 0.5) is 0 Å². The summed E-state index contributed by atoms with van der Waals surface area (Å²) in [5, 5.41) is 3.50. The lowest BCUT2D eigenvalue weighted by Gasteiger charge is -2.49. The Hall–Kier alpha value is -0.160. The van der Waals surface area contributed by atoms with Gasteiger partial charge in [0, 0.05) is 38.3 Å². The smallest absolute Gasteiger partial charge is 0.0280 e. The Kier molecular flexibility index (Phi) is 6.00. The van der Waals surface area contributed by atoms with Gasteiger partial charge < -0.3 is 10.2 Å². The zero-order valence-electron chi connectivity index (χ0n) is 15.7. The molecule has 0 saturated carbocycles. The van der Waals surface area contributed by atoms with Gasteiger partial charge in [-0.15, -0.1) is 0 Å². The maximum absolute atomic E-state index is 3.50. The SMILES string of the molecule is CN1CCC(CN2CCN(CC3CCNCC3)C(C)(C)C2)CC1. The summed E-state index contributed by atoms with van der Waals surface area (Å²) in [7, 11) is 2.26. The van der Waals surface area contributed by atoms with Crippen LogP contribution < -0.4 is 5.32 Å². The van der Waals surface area contributed by atoms with Gasteiger partial charge in [-0.3, -0.25) is 9.80 Å². The van der Waals surface area contributed by atoms with Gasteiger partial charge in [0.05, 0.1) is 0 Å². The monoisotopic (exact) mass is 322 g/mol. The van der Waals surface area contributed by atoms with E-state index in [1.54, 1.807) is 0 Å². The molecule has 0 bridgehead atoms. The third-order valence-electron chi connectivity index (χ3n) is 6.44. The Morgan fingerprint density at radius 1 is 0.870 bits per heavy atom. The fourth-order valence-electron chi connectivity index (χ4n) is 4.77. The van der Waals surface area contributed by atoms with Crippen LogP contribution in [-0.2, 0) is 0 Å². The quantitative estimate of drug-likeness (QED) is 0.851. The van der Waals surface area contributed by atoms with E-state index in [2.05, 4.69) is 40.9 Å². The number of piperidine rings is 2. The first-order chi connectivity index (χ1) is 11.0. The summed E-state index contributed by atoms with van der Waals surface area (Å²) in [6, 6.07) is 0. The molecule has 4 nitrogen and oxygen atoms in total. The molecule has 0 aromatic carbocycles. The molecule has 0 radical (unpaired) electrons. The van der Waals surface area contributed by atoms with Crippen LogP contribution in [0, 0.1) is 11.8 Å². The van der Waals surface area contributed by atoms with Crippen molar-refractivity contribution in [2.24, 2.45) is 11.8 Å². The zero-order valence-corrected chi connectivity index (χ0v) is 15.7. The van der Waals surface area contributed by atoms with Crippen molar-refractivity contribution in [3.05, 3.63) is 0 Å². The highest BCUT2D eigenvalue weighted by molar-refractivity contribution is 4.92. The molecule has 3 fully saturated rings. The summed E-state index contributed by atoms with van der Waals surface area (Å²) in [4.78, 5) is 8.03. The fourth-order valence-corrected chi connectivity index (χ4v) is 4.77. The molecule has 134 valence electrons. The Morgan fingerprint density at radius 3 is 2.17 bits per heavy atom. The largest absolute Gasteiger partial charge is 0.317 e. The summed E-state index contributed by atoms with van der Waals surface area (Å²) < 4.78 is 0. The minimum absolute atomic E-state index is 0.342. The van der Waals surface area contributed by atoms with Gasteiger partial charge in [0.15, 0.2) is 0 Å². The third-order valence-corrected chi connectivity index (χ3v) is 6.44. The van der Waals surface area contributed by atoms with Gasteiger partial charge in [0.2, 0.25) is 0 Å². The predicted octanol–water partition coefficient (Wildman–Crippen LogP) is 1.72. The van der Waals surface area contributed by atoms with Crippen LogP contribution in [0.15, 0.2) is 0 Å². The van der Waals surface area contributed by atoms with Crippen LogP contribution in [0.1, 0.15) is 39.5 Å². The number of nitrogens with zero attached hydrogens (tertiary/aromatic N) is 3. The van der Waals surface area contributed by atoms with Crippen molar-refractivity contribution in [2.75, 3.05) is 66.0 Å². The standard InChI is InChI=1S/C19H38N4/c1-19(2)16-22(14-18-6-10-21(3)11-7-18)12-13-23(19)15-17-4-8-20-9-5-17/h17-18,20H,4-16H2,1-3H3. The van der Waals surface area contributed by atoms with E-state index in [-0.39, 0.29) is 0 Å². The minimum Gasteiger partial charge on any atom is -0.317 e. The Balaban J connectivity index is 1.46. The molecule has 3 aliphatic rings. The highest BCUT2D eigenvalue weighted by atomic mass is 15.3. The van der Waals surface area contributed by atoms with Crippen molar-refractivity contribution in [3.63, 3.8) is 0 Å². The van der Waals surface area contributed by atoms with Crippen molar-refractivity contribution in [1.29, 1.82) is 0 Å². The predicted molar refractivity (Wildman–Crippen MR) is 97.9 cm³/mol. The molecule has 0 amide bonds. The lowest BCUT2D eigenvalue weighted by atomic mass is 9.91. The van der Waals surface area contributed by atoms with Gasteiger partial charge in [0.1, 0.15) is 0 Å². The molecular formula is C19H38N4. The maximum Gasteiger partial charge on any atom is 0.0280 e. The molecule has 3 aliphatic heterocycles. The number of likely N-dealkylation sites (tertiary alicyclic amines) is 1. The normalized spacial score (nSPS) is 29.9. The number of hydrogen-bond donors (Lipinski definition) is 1. The first kappa shape index (κ1) is 17.7. The van der Waals surface area contributed by atoms with Crippen LogP contribution in [0.2, 0.25) is 0 Å². The molecule has 0 atom stereocenters. The number of hydrogen-bond acceptors (Lipinski definition) is 4. The lowest BCUT2D eigenvalue weighted by molar-refractivity contribution is -0.00290. The molecule has 23 heavy (non-hydrogen) atoms. The lowest BCUT2D eigenvalue weighted by Crippen LogP contribution is -2.61. The van der Waals surface area contributed by atoms with E-state index in [0.29, 0.717) is 5.54 Å².